The van der Waals surface area contributed by atoms with Crippen LogP contribution in [0.1, 0.15) is 56.9 Å². The highest BCUT2D eigenvalue weighted by atomic mass is 35.5. The van der Waals surface area contributed by atoms with Gasteiger partial charge in [0.05, 0.1) is 0 Å². The van der Waals surface area contributed by atoms with Crippen LogP contribution < -0.4 is 10.2 Å². The van der Waals surface area contributed by atoms with E-state index in [4.69, 9.17) is 28.2 Å². The van der Waals surface area contributed by atoms with Gasteiger partial charge < -0.3 is 15.1 Å². The molecule has 2 aromatic rings. The van der Waals surface area contributed by atoms with Crippen LogP contribution in [0.4, 0.5) is 11.8 Å². The van der Waals surface area contributed by atoms with Crippen molar-refractivity contribution in [2.45, 2.75) is 57.9 Å². The third kappa shape index (κ3) is 5.28. The number of likely N-dealkylation sites (tertiary alicyclic amines) is 1. The van der Waals surface area contributed by atoms with Gasteiger partial charge in [0.2, 0.25) is 11.9 Å². The van der Waals surface area contributed by atoms with Crippen molar-refractivity contribution in [3.05, 3.63) is 46.1 Å². The first kappa shape index (κ1) is 23.7. The Morgan fingerprint density at radius 2 is 1.82 bits per heavy atom. The standard InChI is InChI=1S/C26H33Cl2N5O/c27-21-7-6-20(22(28)16-21)17-30-23-8-12-29-25(31-23)32-13-9-26(10-14-32)11-15-33(18-26)24(34)19-4-2-1-3-5-19/h6-8,12,16,19H,1-5,9-11,13-15,17-18H2,(H,29,30,31). The van der Waals surface area contributed by atoms with Crippen LogP contribution >= 0.6 is 23.2 Å². The Bertz CT molecular complexity index is 1020. The average molecular weight is 502 g/mol. The molecule has 2 saturated heterocycles. The highest BCUT2D eigenvalue weighted by Gasteiger charge is 2.43. The smallest absolute Gasteiger partial charge is 0.227 e. The molecule has 0 radical (unpaired) electrons. The first-order valence-corrected chi connectivity index (χ1v) is 13.3. The average Bonchev–Trinajstić information content (AvgIpc) is 3.27. The maximum atomic E-state index is 13.0. The minimum Gasteiger partial charge on any atom is -0.366 e. The summed E-state index contributed by atoms with van der Waals surface area (Å²) in [6.45, 7) is 4.29. The van der Waals surface area contributed by atoms with Crippen LogP contribution in [0, 0.1) is 11.3 Å². The van der Waals surface area contributed by atoms with Gasteiger partial charge in [-0.1, -0.05) is 48.5 Å². The second-order valence-electron chi connectivity index (χ2n) is 10.2. The summed E-state index contributed by atoms with van der Waals surface area (Å²) in [7, 11) is 0. The van der Waals surface area contributed by atoms with E-state index in [0.29, 0.717) is 22.5 Å². The summed E-state index contributed by atoms with van der Waals surface area (Å²) in [5.41, 5.74) is 1.24. The molecule has 1 saturated carbocycles. The molecule has 0 atom stereocenters. The monoisotopic (exact) mass is 501 g/mol. The van der Waals surface area contributed by atoms with Gasteiger partial charge in [-0.25, -0.2) is 4.98 Å². The Morgan fingerprint density at radius 3 is 2.59 bits per heavy atom. The number of hydrogen-bond acceptors (Lipinski definition) is 5. The van der Waals surface area contributed by atoms with E-state index in [2.05, 4.69) is 20.1 Å². The summed E-state index contributed by atoms with van der Waals surface area (Å²) in [5, 5.41) is 4.62. The molecule has 3 heterocycles. The van der Waals surface area contributed by atoms with Crippen LogP contribution in [0.15, 0.2) is 30.5 Å². The van der Waals surface area contributed by atoms with Gasteiger partial charge in [0.1, 0.15) is 5.82 Å². The first-order chi connectivity index (χ1) is 16.5. The predicted molar refractivity (Wildman–Crippen MR) is 137 cm³/mol. The number of hydrogen-bond donors (Lipinski definition) is 1. The molecule has 0 unspecified atom stereocenters. The van der Waals surface area contributed by atoms with Crippen LogP contribution in [0.3, 0.4) is 0 Å². The molecule has 1 aromatic carbocycles. The first-order valence-electron chi connectivity index (χ1n) is 12.6. The molecule has 182 valence electrons. The molecule has 1 N–H and O–H groups in total. The third-order valence-corrected chi connectivity index (χ3v) is 8.52. The molecule has 1 amide bonds. The molecular formula is C26H33Cl2N5O. The number of rotatable bonds is 5. The Kier molecular flexibility index (Phi) is 7.16. The van der Waals surface area contributed by atoms with Gasteiger partial charge in [-0.05, 0) is 61.3 Å². The summed E-state index contributed by atoms with van der Waals surface area (Å²) in [5.74, 6) is 2.23. The number of nitrogens with zero attached hydrogens (tertiary/aromatic N) is 4. The summed E-state index contributed by atoms with van der Waals surface area (Å²) in [6.07, 6.45) is 11.0. The van der Waals surface area contributed by atoms with E-state index in [-0.39, 0.29) is 11.3 Å². The lowest BCUT2D eigenvalue weighted by molar-refractivity contribution is -0.136. The molecule has 3 aliphatic rings. The normalized spacial score (nSPS) is 20.6. The van der Waals surface area contributed by atoms with Gasteiger partial charge in [0, 0.05) is 54.9 Å². The third-order valence-electron chi connectivity index (χ3n) is 7.93. The van der Waals surface area contributed by atoms with Crippen molar-refractivity contribution in [3.63, 3.8) is 0 Å². The minimum atomic E-state index is 0.266. The number of nitrogens with one attached hydrogen (secondary N) is 1. The highest BCUT2D eigenvalue weighted by molar-refractivity contribution is 6.35. The minimum absolute atomic E-state index is 0.266. The van der Waals surface area contributed by atoms with Gasteiger partial charge in [-0.3, -0.25) is 4.79 Å². The predicted octanol–water partition coefficient (Wildman–Crippen LogP) is 5.79. The molecule has 8 heteroatoms. The van der Waals surface area contributed by atoms with Gasteiger partial charge in [-0.2, -0.15) is 4.98 Å². The molecule has 1 aromatic heterocycles. The van der Waals surface area contributed by atoms with Crippen molar-refractivity contribution >= 4 is 40.9 Å². The van der Waals surface area contributed by atoms with E-state index in [1.54, 1.807) is 12.3 Å². The number of anilines is 2. The molecule has 34 heavy (non-hydrogen) atoms. The van der Waals surface area contributed by atoms with Crippen LogP contribution in [0.25, 0.3) is 0 Å². The Labute approximate surface area is 212 Å². The fraction of sp³-hybridized carbons (Fsp3) is 0.577. The molecule has 0 bridgehead atoms. The molecule has 5 rings (SSSR count). The molecule has 2 aliphatic heterocycles. The van der Waals surface area contributed by atoms with Gasteiger partial charge in [0.15, 0.2) is 0 Å². The van der Waals surface area contributed by atoms with E-state index in [0.717, 1.165) is 75.6 Å². The maximum Gasteiger partial charge on any atom is 0.227 e. The summed E-state index contributed by atoms with van der Waals surface area (Å²) in [6, 6.07) is 7.40. The lowest BCUT2D eigenvalue weighted by Gasteiger charge is -2.39. The highest BCUT2D eigenvalue weighted by Crippen LogP contribution is 2.42. The second kappa shape index (κ2) is 10.3. The number of benzene rings is 1. The van der Waals surface area contributed by atoms with Crippen LogP contribution in [-0.2, 0) is 11.3 Å². The lowest BCUT2D eigenvalue weighted by atomic mass is 9.78. The number of carbonyl (C=O) groups is 1. The van der Waals surface area contributed by atoms with Crippen molar-refractivity contribution in [1.29, 1.82) is 0 Å². The number of carbonyl (C=O) groups excluding carboxylic acids is 1. The number of aromatic nitrogens is 2. The zero-order valence-corrected chi connectivity index (χ0v) is 21.1. The van der Waals surface area contributed by atoms with E-state index < -0.39 is 0 Å². The van der Waals surface area contributed by atoms with Gasteiger partial charge in [-0.15, -0.1) is 0 Å². The van der Waals surface area contributed by atoms with Crippen LogP contribution in [0.2, 0.25) is 10.0 Å². The molecule has 6 nitrogen and oxygen atoms in total. The molecule has 3 fully saturated rings. The number of halogens is 2. The van der Waals surface area contributed by atoms with Crippen molar-refractivity contribution in [2.24, 2.45) is 11.3 Å². The van der Waals surface area contributed by atoms with Gasteiger partial charge in [0.25, 0.3) is 0 Å². The van der Waals surface area contributed by atoms with Gasteiger partial charge >= 0.3 is 0 Å². The fourth-order valence-corrected chi connectivity index (χ4v) is 6.25. The lowest BCUT2D eigenvalue weighted by Crippen LogP contribution is -2.43. The Balaban J connectivity index is 1.15. The largest absolute Gasteiger partial charge is 0.366 e. The zero-order valence-electron chi connectivity index (χ0n) is 19.6. The second-order valence-corrected chi connectivity index (χ2v) is 11.0. The van der Waals surface area contributed by atoms with E-state index in [1.165, 1.54) is 19.3 Å². The summed E-state index contributed by atoms with van der Waals surface area (Å²) in [4.78, 5) is 26.8. The van der Waals surface area contributed by atoms with E-state index >= 15 is 0 Å². The van der Waals surface area contributed by atoms with Crippen molar-refractivity contribution in [3.8, 4) is 0 Å². The van der Waals surface area contributed by atoms with E-state index in [1.807, 2.05) is 18.2 Å². The molecule has 1 aliphatic carbocycles. The molecular weight excluding hydrogens is 469 g/mol. The summed E-state index contributed by atoms with van der Waals surface area (Å²) >= 11 is 12.3. The quantitative estimate of drug-likeness (QED) is 0.561. The number of amides is 1. The fourth-order valence-electron chi connectivity index (χ4n) is 5.77. The number of piperidine rings is 1. The van der Waals surface area contributed by atoms with Crippen molar-refractivity contribution < 1.29 is 4.79 Å². The Morgan fingerprint density at radius 1 is 1.06 bits per heavy atom. The van der Waals surface area contributed by atoms with Crippen molar-refractivity contribution in [2.75, 3.05) is 36.4 Å². The summed E-state index contributed by atoms with van der Waals surface area (Å²) < 4.78 is 0. The topological polar surface area (TPSA) is 61.4 Å². The SMILES string of the molecule is O=C(C1CCCCC1)N1CCC2(CCN(c3nccc(NCc4ccc(Cl)cc4Cl)n3)CC2)C1. The zero-order chi connectivity index (χ0) is 23.5. The van der Waals surface area contributed by atoms with E-state index in [9.17, 15) is 4.79 Å². The Hall–Kier alpha value is -2.05. The van der Waals surface area contributed by atoms with Crippen molar-refractivity contribution in [1.82, 2.24) is 14.9 Å². The maximum absolute atomic E-state index is 13.0. The van der Waals surface area contributed by atoms with Crippen LogP contribution in [0.5, 0.6) is 0 Å². The van der Waals surface area contributed by atoms with Crippen LogP contribution in [-0.4, -0.2) is 47.0 Å². The molecule has 1 spiro atoms.